The number of benzene rings is 2. The van der Waals surface area contributed by atoms with Gasteiger partial charge in [-0.25, -0.2) is 8.78 Å². The molecule has 0 aliphatic rings. The first-order valence-corrected chi connectivity index (χ1v) is 5.77. The Morgan fingerprint density at radius 3 is 2.53 bits per heavy atom. The summed E-state index contributed by atoms with van der Waals surface area (Å²) in [6.07, 6.45) is 0. The van der Waals surface area contributed by atoms with E-state index in [9.17, 15) is 8.78 Å². The van der Waals surface area contributed by atoms with Crippen LogP contribution >= 0.6 is 15.9 Å². The van der Waals surface area contributed by atoms with Crippen LogP contribution < -0.4 is 4.74 Å². The Morgan fingerprint density at radius 1 is 1.00 bits per heavy atom. The first-order valence-electron chi connectivity index (χ1n) is 4.98. The van der Waals surface area contributed by atoms with Gasteiger partial charge in [-0.3, -0.25) is 0 Å². The molecule has 0 unspecified atom stereocenters. The zero-order valence-electron chi connectivity index (χ0n) is 8.79. The average Bonchev–Trinajstić information content (AvgIpc) is 2.32. The third kappa shape index (κ3) is 3.03. The van der Waals surface area contributed by atoms with Crippen LogP contribution in [-0.4, -0.2) is 0 Å². The molecule has 2 rings (SSSR count). The van der Waals surface area contributed by atoms with Crippen molar-refractivity contribution >= 4 is 15.9 Å². The summed E-state index contributed by atoms with van der Waals surface area (Å²) in [5, 5.41) is 0. The molecule has 0 N–H and O–H groups in total. The van der Waals surface area contributed by atoms with Gasteiger partial charge in [0, 0.05) is 10.0 Å². The molecule has 88 valence electrons. The Morgan fingerprint density at radius 2 is 1.76 bits per heavy atom. The van der Waals surface area contributed by atoms with E-state index >= 15 is 0 Å². The highest BCUT2D eigenvalue weighted by Gasteiger charge is 2.06. The van der Waals surface area contributed by atoms with Crippen molar-refractivity contribution in [3.63, 3.8) is 0 Å². The number of ether oxygens (including phenoxy) is 1. The predicted molar refractivity (Wildman–Crippen MR) is 64.8 cm³/mol. The van der Waals surface area contributed by atoms with E-state index in [2.05, 4.69) is 15.9 Å². The van der Waals surface area contributed by atoms with Crippen molar-refractivity contribution in [2.45, 2.75) is 6.61 Å². The highest BCUT2D eigenvalue weighted by molar-refractivity contribution is 9.10. The lowest BCUT2D eigenvalue weighted by Gasteiger charge is -2.08. The smallest absolute Gasteiger partial charge is 0.165 e. The lowest BCUT2D eigenvalue weighted by molar-refractivity contribution is 0.284. The average molecular weight is 299 g/mol. The molecule has 2 aromatic rings. The third-order valence-corrected chi connectivity index (χ3v) is 2.73. The van der Waals surface area contributed by atoms with Crippen LogP contribution in [0.5, 0.6) is 5.75 Å². The van der Waals surface area contributed by atoms with Crippen LogP contribution in [0.4, 0.5) is 8.78 Å². The number of halogens is 3. The maximum atomic E-state index is 13.3. The predicted octanol–water partition coefficient (Wildman–Crippen LogP) is 4.31. The molecule has 17 heavy (non-hydrogen) atoms. The Kier molecular flexibility index (Phi) is 3.74. The molecule has 4 heteroatoms. The van der Waals surface area contributed by atoms with E-state index in [-0.39, 0.29) is 18.2 Å². The summed E-state index contributed by atoms with van der Waals surface area (Å²) in [6, 6.07) is 10.6. The SMILES string of the molecule is Fc1ccccc1COc1cc(Br)ccc1F. The van der Waals surface area contributed by atoms with Crippen molar-refractivity contribution in [1.82, 2.24) is 0 Å². The van der Waals surface area contributed by atoms with Gasteiger partial charge in [0.25, 0.3) is 0 Å². The number of rotatable bonds is 3. The molecule has 0 aliphatic carbocycles. The van der Waals surface area contributed by atoms with Crippen molar-refractivity contribution in [3.05, 3.63) is 64.1 Å². The molecular weight excluding hydrogens is 290 g/mol. The third-order valence-electron chi connectivity index (χ3n) is 2.23. The fourth-order valence-electron chi connectivity index (χ4n) is 1.36. The maximum Gasteiger partial charge on any atom is 0.165 e. The second-order valence-electron chi connectivity index (χ2n) is 3.45. The van der Waals surface area contributed by atoms with Gasteiger partial charge in [0.15, 0.2) is 11.6 Å². The highest BCUT2D eigenvalue weighted by Crippen LogP contribution is 2.23. The van der Waals surface area contributed by atoms with E-state index < -0.39 is 5.82 Å². The van der Waals surface area contributed by atoms with Crippen LogP contribution in [0.25, 0.3) is 0 Å². The Hall–Kier alpha value is -1.42. The minimum atomic E-state index is -0.468. The van der Waals surface area contributed by atoms with Crippen molar-refractivity contribution in [2.24, 2.45) is 0 Å². The molecule has 0 radical (unpaired) electrons. The van der Waals surface area contributed by atoms with Crippen LogP contribution in [0.3, 0.4) is 0 Å². The number of hydrogen-bond acceptors (Lipinski definition) is 1. The summed E-state index contributed by atoms with van der Waals surface area (Å²) in [6.45, 7) is 0.0000463. The lowest BCUT2D eigenvalue weighted by atomic mass is 10.2. The standard InChI is InChI=1S/C13H9BrF2O/c14-10-5-6-12(16)13(7-10)17-8-9-3-1-2-4-11(9)15/h1-7H,8H2. The first-order chi connectivity index (χ1) is 8.16. The van der Waals surface area contributed by atoms with Gasteiger partial charge < -0.3 is 4.74 Å². The van der Waals surface area contributed by atoms with Gasteiger partial charge in [0.1, 0.15) is 12.4 Å². The van der Waals surface area contributed by atoms with Gasteiger partial charge in [0.05, 0.1) is 0 Å². The van der Waals surface area contributed by atoms with Crippen LogP contribution in [0.2, 0.25) is 0 Å². The van der Waals surface area contributed by atoms with Crippen molar-refractivity contribution < 1.29 is 13.5 Å². The molecule has 0 amide bonds. The van der Waals surface area contributed by atoms with Gasteiger partial charge in [-0.15, -0.1) is 0 Å². The fourth-order valence-corrected chi connectivity index (χ4v) is 1.70. The second-order valence-corrected chi connectivity index (χ2v) is 4.37. The van der Waals surface area contributed by atoms with E-state index in [1.807, 2.05) is 0 Å². The maximum absolute atomic E-state index is 13.3. The molecule has 0 heterocycles. The van der Waals surface area contributed by atoms with E-state index in [1.54, 1.807) is 24.3 Å². The zero-order valence-corrected chi connectivity index (χ0v) is 10.4. The van der Waals surface area contributed by atoms with Crippen molar-refractivity contribution in [1.29, 1.82) is 0 Å². The minimum absolute atomic E-state index is 0.0000463. The molecule has 2 aromatic carbocycles. The summed E-state index contributed by atoms with van der Waals surface area (Å²) >= 11 is 3.22. The summed E-state index contributed by atoms with van der Waals surface area (Å²) < 4.78 is 32.6. The quantitative estimate of drug-likeness (QED) is 0.820. The second kappa shape index (κ2) is 5.27. The normalized spacial score (nSPS) is 10.3. The van der Waals surface area contributed by atoms with Crippen molar-refractivity contribution in [2.75, 3.05) is 0 Å². The minimum Gasteiger partial charge on any atom is -0.486 e. The van der Waals surface area contributed by atoms with Gasteiger partial charge in [-0.1, -0.05) is 34.1 Å². The van der Waals surface area contributed by atoms with Gasteiger partial charge in [-0.05, 0) is 24.3 Å². The Balaban J connectivity index is 2.12. The number of hydrogen-bond donors (Lipinski definition) is 0. The van der Waals surface area contributed by atoms with E-state index in [4.69, 9.17) is 4.74 Å². The summed E-state index contributed by atoms with van der Waals surface area (Å²) in [4.78, 5) is 0. The molecule has 0 atom stereocenters. The highest BCUT2D eigenvalue weighted by atomic mass is 79.9. The molecule has 0 saturated carbocycles. The Labute approximate surface area is 106 Å². The summed E-state index contributed by atoms with van der Waals surface area (Å²) in [5.41, 5.74) is 0.395. The molecule has 0 spiro atoms. The zero-order chi connectivity index (χ0) is 12.3. The van der Waals surface area contributed by atoms with Crippen LogP contribution in [-0.2, 0) is 6.61 Å². The fraction of sp³-hybridized carbons (Fsp3) is 0.0769. The molecule has 0 aliphatic heterocycles. The van der Waals surface area contributed by atoms with Gasteiger partial charge in [0.2, 0.25) is 0 Å². The van der Waals surface area contributed by atoms with Crippen molar-refractivity contribution in [3.8, 4) is 5.75 Å². The molecule has 0 fully saturated rings. The Bertz CT molecular complexity index is 529. The van der Waals surface area contributed by atoms with E-state index in [0.717, 1.165) is 0 Å². The topological polar surface area (TPSA) is 9.23 Å². The van der Waals surface area contributed by atoms with Gasteiger partial charge in [-0.2, -0.15) is 0 Å². The monoisotopic (exact) mass is 298 g/mol. The molecular formula is C13H9BrF2O. The van der Waals surface area contributed by atoms with Crippen LogP contribution in [0.1, 0.15) is 5.56 Å². The van der Waals surface area contributed by atoms with E-state index in [0.29, 0.717) is 10.0 Å². The summed E-state index contributed by atoms with van der Waals surface area (Å²) in [7, 11) is 0. The van der Waals surface area contributed by atoms with Crippen LogP contribution in [0.15, 0.2) is 46.9 Å². The van der Waals surface area contributed by atoms with Gasteiger partial charge >= 0.3 is 0 Å². The molecule has 0 bridgehead atoms. The molecule has 1 nitrogen and oxygen atoms in total. The van der Waals surface area contributed by atoms with E-state index in [1.165, 1.54) is 18.2 Å². The van der Waals surface area contributed by atoms with Crippen LogP contribution in [0, 0.1) is 11.6 Å². The summed E-state index contributed by atoms with van der Waals surface area (Å²) in [5.74, 6) is -0.727. The molecule has 0 saturated heterocycles. The lowest BCUT2D eigenvalue weighted by Crippen LogP contribution is -1.99. The largest absolute Gasteiger partial charge is 0.486 e. The molecule has 0 aromatic heterocycles. The first kappa shape index (κ1) is 12.0.